The van der Waals surface area contributed by atoms with Crippen molar-refractivity contribution in [3.8, 4) is 0 Å². The minimum Gasteiger partial charge on any atom is -0.308 e. The van der Waals surface area contributed by atoms with Crippen molar-refractivity contribution in [2.45, 2.75) is 6.42 Å². The van der Waals surface area contributed by atoms with E-state index in [0.29, 0.717) is 0 Å². The topological polar surface area (TPSA) is 24.4 Å². The van der Waals surface area contributed by atoms with Gasteiger partial charge in [0.05, 0.1) is 26.6 Å². The number of hydrogen-bond donors (Lipinski definition) is 1. The number of rotatable bonds is 7. The van der Waals surface area contributed by atoms with Crippen molar-refractivity contribution in [2.24, 2.45) is 4.99 Å². The van der Waals surface area contributed by atoms with Gasteiger partial charge in [-0.2, -0.15) is 0 Å². The molecular weight excluding hydrogens is 186 g/mol. The molecule has 0 amide bonds. The Morgan fingerprint density at radius 3 is 2.93 bits per heavy atom. The molecule has 1 N–H and O–H groups in total. The van der Waals surface area contributed by atoms with E-state index in [1.807, 2.05) is 12.2 Å². The van der Waals surface area contributed by atoms with E-state index in [1.165, 1.54) is 5.84 Å². The van der Waals surface area contributed by atoms with Gasteiger partial charge in [-0.3, -0.25) is 4.48 Å². The van der Waals surface area contributed by atoms with E-state index >= 15 is 0 Å². The molecule has 3 nitrogen and oxygen atoms in total. The van der Waals surface area contributed by atoms with Gasteiger partial charge < -0.3 is 5.32 Å². The van der Waals surface area contributed by atoms with Crippen molar-refractivity contribution >= 4 is 5.84 Å². The van der Waals surface area contributed by atoms with Crippen LogP contribution in [0.3, 0.4) is 0 Å². The van der Waals surface area contributed by atoms with Crippen LogP contribution < -0.4 is 5.32 Å². The molecule has 0 spiro atoms. The summed E-state index contributed by atoms with van der Waals surface area (Å²) in [6.45, 7) is 12.5. The quantitative estimate of drug-likeness (QED) is 0.379. The second-order valence-corrected chi connectivity index (χ2v) is 4.13. The minimum absolute atomic E-state index is 0.883. The van der Waals surface area contributed by atoms with Crippen LogP contribution in [0.4, 0.5) is 0 Å². The molecule has 0 aromatic rings. The number of hydrogen-bond acceptors (Lipinski definition) is 2. The first kappa shape index (κ1) is 12.1. The third kappa shape index (κ3) is 3.29. The van der Waals surface area contributed by atoms with Gasteiger partial charge in [-0.15, -0.1) is 13.2 Å². The summed E-state index contributed by atoms with van der Waals surface area (Å²) < 4.78 is 0.968. The van der Waals surface area contributed by atoms with Crippen molar-refractivity contribution < 1.29 is 4.48 Å². The van der Waals surface area contributed by atoms with Crippen LogP contribution in [0.1, 0.15) is 6.42 Å². The van der Waals surface area contributed by atoms with Gasteiger partial charge in [-0.25, -0.2) is 4.99 Å². The predicted octanol–water partition coefficient (Wildman–Crippen LogP) is 1.20. The summed E-state index contributed by atoms with van der Waals surface area (Å²) in [5, 5.41) is 3.34. The molecule has 1 atom stereocenters. The first-order chi connectivity index (χ1) is 7.23. The van der Waals surface area contributed by atoms with Crippen LogP contribution in [0.15, 0.2) is 30.3 Å². The van der Waals surface area contributed by atoms with Gasteiger partial charge in [0.1, 0.15) is 6.54 Å². The molecule has 1 unspecified atom stereocenters. The van der Waals surface area contributed by atoms with Crippen LogP contribution in [0.2, 0.25) is 0 Å². The highest BCUT2D eigenvalue weighted by molar-refractivity contribution is 5.78. The Labute approximate surface area is 92.8 Å². The number of nitrogens with zero attached hydrogens (tertiary/aromatic N) is 2. The molecule has 15 heavy (non-hydrogen) atoms. The molecule has 0 aromatic heterocycles. The van der Waals surface area contributed by atoms with Crippen LogP contribution in [-0.2, 0) is 0 Å². The zero-order valence-corrected chi connectivity index (χ0v) is 9.71. The van der Waals surface area contributed by atoms with Gasteiger partial charge in [-0.05, 0) is 0 Å². The Hall–Kier alpha value is -0.930. The van der Waals surface area contributed by atoms with Crippen LogP contribution in [0, 0.1) is 0 Å². The summed E-state index contributed by atoms with van der Waals surface area (Å²) in [7, 11) is 2.25. The molecule has 0 aromatic carbocycles. The fraction of sp³-hybridized carbons (Fsp3) is 0.583. The van der Waals surface area contributed by atoms with Crippen molar-refractivity contribution in [1.29, 1.82) is 0 Å². The first-order valence-electron chi connectivity index (χ1n) is 5.54. The molecule has 0 bridgehead atoms. The zero-order valence-electron chi connectivity index (χ0n) is 9.71. The van der Waals surface area contributed by atoms with Crippen molar-refractivity contribution in [1.82, 2.24) is 5.32 Å². The van der Waals surface area contributed by atoms with Gasteiger partial charge in [0.2, 0.25) is 5.84 Å². The summed E-state index contributed by atoms with van der Waals surface area (Å²) in [5.74, 6) is 1.27. The van der Waals surface area contributed by atoms with E-state index in [1.54, 1.807) is 0 Å². The van der Waals surface area contributed by atoms with E-state index in [0.717, 1.165) is 43.6 Å². The smallest absolute Gasteiger partial charge is 0.202 e. The normalized spacial score (nSPS) is 25.0. The number of quaternary nitrogens is 1. The maximum Gasteiger partial charge on any atom is 0.202 e. The lowest BCUT2D eigenvalue weighted by atomic mass is 10.3. The van der Waals surface area contributed by atoms with Gasteiger partial charge in [-0.1, -0.05) is 12.2 Å². The Morgan fingerprint density at radius 1 is 1.47 bits per heavy atom. The molecule has 3 heteroatoms. The van der Waals surface area contributed by atoms with Gasteiger partial charge in [0.15, 0.2) is 0 Å². The number of amidine groups is 1. The Kier molecular flexibility index (Phi) is 4.72. The number of likely N-dealkylation sites (N-methyl/N-ethyl adjacent to an activating group) is 1. The summed E-state index contributed by atoms with van der Waals surface area (Å²) in [4.78, 5) is 4.55. The second-order valence-electron chi connectivity index (χ2n) is 4.13. The van der Waals surface area contributed by atoms with Crippen LogP contribution in [0.25, 0.3) is 0 Å². The molecule has 1 aliphatic heterocycles. The Balaban J connectivity index is 2.40. The molecular formula is C12H22N3+. The average molecular weight is 208 g/mol. The maximum atomic E-state index is 4.55. The summed E-state index contributed by atoms with van der Waals surface area (Å²) in [6.07, 6.45) is 4.75. The highest BCUT2D eigenvalue weighted by Gasteiger charge is 2.31. The molecule has 0 fully saturated rings. The lowest BCUT2D eigenvalue weighted by Crippen LogP contribution is -2.50. The van der Waals surface area contributed by atoms with Crippen LogP contribution >= 0.6 is 0 Å². The minimum atomic E-state index is 0.883. The fourth-order valence-corrected chi connectivity index (χ4v) is 1.88. The molecule has 1 heterocycles. The first-order valence-corrected chi connectivity index (χ1v) is 5.54. The molecule has 1 aliphatic rings. The standard InChI is InChI=1S/C12H22N3/c1-4-6-12-14-9-11-15(12,3)10-8-13-7-5-2/h4-5,13H,1-2,6-11H2,3H3/q+1. The molecule has 1 rings (SSSR count). The molecule has 84 valence electrons. The fourth-order valence-electron chi connectivity index (χ4n) is 1.88. The summed E-state index contributed by atoms with van der Waals surface area (Å²) in [5.41, 5.74) is 0. The van der Waals surface area contributed by atoms with Crippen LogP contribution in [-0.4, -0.2) is 50.1 Å². The summed E-state index contributed by atoms with van der Waals surface area (Å²) in [6, 6.07) is 0. The van der Waals surface area contributed by atoms with Crippen molar-refractivity contribution in [3.05, 3.63) is 25.3 Å². The van der Waals surface area contributed by atoms with E-state index in [-0.39, 0.29) is 0 Å². The monoisotopic (exact) mass is 208 g/mol. The van der Waals surface area contributed by atoms with E-state index < -0.39 is 0 Å². The Morgan fingerprint density at radius 2 is 2.27 bits per heavy atom. The zero-order chi connectivity index (χ0) is 11.1. The SMILES string of the molecule is C=CCNCC[N+]1(C)CCN=C1CC=C. The molecule has 0 aliphatic carbocycles. The Bertz CT molecular complexity index is 258. The highest BCUT2D eigenvalue weighted by Crippen LogP contribution is 2.13. The number of nitrogens with one attached hydrogen (secondary N) is 1. The highest BCUT2D eigenvalue weighted by atomic mass is 15.4. The lowest BCUT2D eigenvalue weighted by Gasteiger charge is -2.29. The van der Waals surface area contributed by atoms with Crippen molar-refractivity contribution in [3.63, 3.8) is 0 Å². The third-order valence-corrected chi connectivity index (χ3v) is 2.91. The van der Waals surface area contributed by atoms with E-state index in [9.17, 15) is 0 Å². The van der Waals surface area contributed by atoms with Gasteiger partial charge in [0, 0.05) is 13.1 Å². The van der Waals surface area contributed by atoms with Gasteiger partial charge >= 0.3 is 0 Å². The average Bonchev–Trinajstić information content (AvgIpc) is 2.57. The molecule has 0 saturated carbocycles. The lowest BCUT2D eigenvalue weighted by molar-refractivity contribution is -0.813. The van der Waals surface area contributed by atoms with Crippen molar-refractivity contribution in [2.75, 3.05) is 39.8 Å². The number of aliphatic imine (C=N–C) groups is 1. The molecule has 0 saturated heterocycles. The van der Waals surface area contributed by atoms with E-state index in [2.05, 4.69) is 30.5 Å². The van der Waals surface area contributed by atoms with Gasteiger partial charge in [0.25, 0.3) is 0 Å². The second kappa shape index (κ2) is 5.83. The van der Waals surface area contributed by atoms with E-state index in [4.69, 9.17) is 0 Å². The summed E-state index contributed by atoms with van der Waals surface area (Å²) >= 11 is 0. The predicted molar refractivity (Wildman–Crippen MR) is 66.1 cm³/mol. The molecule has 0 radical (unpaired) electrons. The largest absolute Gasteiger partial charge is 0.308 e. The van der Waals surface area contributed by atoms with Crippen LogP contribution in [0.5, 0.6) is 0 Å². The maximum absolute atomic E-state index is 4.55. The third-order valence-electron chi connectivity index (χ3n) is 2.91.